The highest BCUT2D eigenvalue weighted by atomic mass is 79.9. The fraction of sp³-hybridized carbons (Fsp3) is 0.308. The Labute approximate surface area is 195 Å². The third kappa shape index (κ3) is 4.31. The number of hydrogen-bond donors (Lipinski definition) is 0. The summed E-state index contributed by atoms with van der Waals surface area (Å²) in [6.45, 7) is 8.36. The average molecular weight is 530 g/mol. The number of Topliss-reactive ketones (excluding diaryl/α,β-unsaturated/α-hetero) is 2. The molecule has 0 aliphatic heterocycles. The first-order chi connectivity index (χ1) is 14.3. The summed E-state index contributed by atoms with van der Waals surface area (Å²) in [6, 6.07) is 12.5. The maximum absolute atomic E-state index is 11.7. The molecule has 4 rings (SSSR count). The van der Waals surface area contributed by atoms with Crippen molar-refractivity contribution < 1.29 is 9.59 Å². The molecule has 2 atom stereocenters. The van der Waals surface area contributed by atoms with Crippen LogP contribution in [-0.4, -0.2) is 22.2 Å². The number of ketones is 2. The number of allylic oxidation sites excluding steroid dienone is 2. The molecule has 2 aromatic rings. The van der Waals surface area contributed by atoms with E-state index in [-0.39, 0.29) is 23.4 Å². The van der Waals surface area contributed by atoms with Crippen molar-refractivity contribution in [3.8, 4) is 0 Å². The van der Waals surface area contributed by atoms with E-state index in [1.807, 2.05) is 12.2 Å². The van der Waals surface area contributed by atoms with Crippen molar-refractivity contribution in [3.63, 3.8) is 0 Å². The van der Waals surface area contributed by atoms with E-state index >= 15 is 0 Å². The zero-order valence-electron chi connectivity index (χ0n) is 17.8. The van der Waals surface area contributed by atoms with E-state index in [9.17, 15) is 9.59 Å². The van der Waals surface area contributed by atoms with Crippen LogP contribution in [0.5, 0.6) is 0 Å². The number of rotatable bonds is 4. The summed E-state index contributed by atoms with van der Waals surface area (Å²) in [4.78, 5) is 23.4. The minimum absolute atomic E-state index is 0.193. The number of fused-ring (bicyclic) bond motifs is 2. The smallest absolute Gasteiger partial charge is 0.169 e. The maximum Gasteiger partial charge on any atom is 0.169 e. The van der Waals surface area contributed by atoms with Gasteiger partial charge in [-0.3, -0.25) is 9.59 Å². The molecule has 0 amide bonds. The molecule has 0 saturated heterocycles. The lowest BCUT2D eigenvalue weighted by Crippen LogP contribution is -2.06. The van der Waals surface area contributed by atoms with Crippen LogP contribution in [0.4, 0.5) is 0 Å². The molecule has 2 nitrogen and oxygen atoms in total. The molecule has 0 saturated carbocycles. The lowest BCUT2D eigenvalue weighted by Gasteiger charge is -2.09. The van der Waals surface area contributed by atoms with Crippen LogP contribution in [-0.2, 0) is 9.59 Å². The molecule has 2 unspecified atom stereocenters. The van der Waals surface area contributed by atoms with Crippen LogP contribution < -0.4 is 0 Å². The molecular weight excluding hydrogens is 504 g/mol. The highest BCUT2D eigenvalue weighted by molar-refractivity contribution is 9.09. The first-order valence-electron chi connectivity index (χ1n) is 10.1. The number of carbonyl (C=O) groups is 2. The van der Waals surface area contributed by atoms with Crippen LogP contribution in [0.1, 0.15) is 59.1 Å². The molecule has 0 radical (unpaired) electrons. The van der Waals surface area contributed by atoms with Crippen LogP contribution in [0.25, 0.3) is 12.2 Å². The van der Waals surface area contributed by atoms with E-state index in [1.165, 1.54) is 33.4 Å². The van der Waals surface area contributed by atoms with Gasteiger partial charge in [0.1, 0.15) is 0 Å². The van der Waals surface area contributed by atoms with Gasteiger partial charge in [0.25, 0.3) is 0 Å². The predicted molar refractivity (Wildman–Crippen MR) is 133 cm³/mol. The van der Waals surface area contributed by atoms with E-state index in [1.54, 1.807) is 0 Å². The summed E-state index contributed by atoms with van der Waals surface area (Å²) < 4.78 is 0. The zero-order valence-corrected chi connectivity index (χ0v) is 20.9. The van der Waals surface area contributed by atoms with Crippen molar-refractivity contribution in [1.29, 1.82) is 0 Å². The molecule has 4 heteroatoms. The van der Waals surface area contributed by atoms with Crippen molar-refractivity contribution in [2.24, 2.45) is 0 Å². The Morgan fingerprint density at radius 1 is 0.733 bits per heavy atom. The molecule has 0 heterocycles. The van der Waals surface area contributed by atoms with Crippen molar-refractivity contribution in [3.05, 3.63) is 80.9 Å². The largest absolute Gasteiger partial charge is 0.294 e. The van der Waals surface area contributed by atoms with Gasteiger partial charge < -0.3 is 0 Å². The first kappa shape index (κ1) is 22.9. The second-order valence-corrected chi connectivity index (χ2v) is 9.03. The Balaban J connectivity index is 0.000000171. The van der Waals surface area contributed by atoms with Crippen molar-refractivity contribution in [1.82, 2.24) is 0 Å². The highest BCUT2D eigenvalue weighted by Gasteiger charge is 2.26. The Morgan fingerprint density at radius 3 is 1.40 bits per heavy atom. The van der Waals surface area contributed by atoms with Gasteiger partial charge in [-0.1, -0.05) is 82.1 Å². The van der Waals surface area contributed by atoms with Crippen molar-refractivity contribution >= 4 is 55.6 Å². The number of benzene rings is 2. The second-order valence-electron chi connectivity index (χ2n) is 7.91. The van der Waals surface area contributed by atoms with E-state index in [2.05, 4.69) is 96.0 Å². The molecular formula is C26H26Br2O2. The van der Waals surface area contributed by atoms with Gasteiger partial charge in [-0.2, -0.15) is 0 Å². The normalized spacial score (nSPS) is 18.6. The quantitative estimate of drug-likeness (QED) is 0.403. The summed E-state index contributed by atoms with van der Waals surface area (Å²) in [5.74, 6) is 0.867. The van der Waals surface area contributed by atoms with Crippen LogP contribution >= 0.6 is 31.9 Å². The van der Waals surface area contributed by atoms with Gasteiger partial charge in [-0.05, 0) is 59.4 Å². The van der Waals surface area contributed by atoms with Crippen molar-refractivity contribution in [2.75, 3.05) is 10.7 Å². The SMILES string of the molecule is Cc1cccc2c1C=C(C(=O)CBr)C2C.Cc1cccc2c1C=C(C(=O)CBr)C2C. The first-order valence-corrected chi connectivity index (χ1v) is 12.3. The Bertz CT molecular complexity index is 977. The summed E-state index contributed by atoms with van der Waals surface area (Å²) >= 11 is 6.45. The molecule has 2 aliphatic rings. The third-order valence-electron chi connectivity index (χ3n) is 6.07. The number of halogens is 2. The van der Waals surface area contributed by atoms with Crippen molar-refractivity contribution in [2.45, 2.75) is 39.5 Å². The molecule has 0 N–H and O–H groups in total. The van der Waals surface area contributed by atoms with Gasteiger partial charge in [0.2, 0.25) is 0 Å². The van der Waals surface area contributed by atoms with Gasteiger partial charge >= 0.3 is 0 Å². The average Bonchev–Trinajstić information content (AvgIpc) is 3.27. The van der Waals surface area contributed by atoms with Gasteiger partial charge in [0.05, 0.1) is 10.7 Å². The highest BCUT2D eigenvalue weighted by Crippen LogP contribution is 2.38. The topological polar surface area (TPSA) is 34.1 Å². The van der Waals surface area contributed by atoms with E-state index in [0.29, 0.717) is 10.7 Å². The fourth-order valence-electron chi connectivity index (χ4n) is 4.25. The summed E-state index contributed by atoms with van der Waals surface area (Å²) in [5, 5.41) is 0.826. The molecule has 0 bridgehead atoms. The summed E-state index contributed by atoms with van der Waals surface area (Å²) in [5.41, 5.74) is 9.36. The summed E-state index contributed by atoms with van der Waals surface area (Å²) in [7, 11) is 0. The third-order valence-corrected chi connectivity index (χ3v) is 7.09. The van der Waals surface area contributed by atoms with Crippen LogP contribution in [0.15, 0.2) is 47.5 Å². The van der Waals surface area contributed by atoms with Gasteiger partial charge in [-0.15, -0.1) is 0 Å². The second kappa shape index (κ2) is 9.57. The minimum Gasteiger partial charge on any atom is -0.294 e. The minimum atomic E-state index is 0.193. The summed E-state index contributed by atoms with van der Waals surface area (Å²) in [6.07, 6.45) is 4.08. The van der Waals surface area contributed by atoms with Crippen LogP contribution in [0.2, 0.25) is 0 Å². The van der Waals surface area contributed by atoms with E-state index < -0.39 is 0 Å². The Morgan fingerprint density at radius 2 is 1.10 bits per heavy atom. The number of hydrogen-bond acceptors (Lipinski definition) is 2. The fourth-order valence-corrected chi connectivity index (χ4v) is 4.90. The maximum atomic E-state index is 11.7. The number of aryl methyl sites for hydroxylation is 2. The molecule has 0 fully saturated rings. The lowest BCUT2D eigenvalue weighted by molar-refractivity contribution is -0.114. The van der Waals surface area contributed by atoms with Gasteiger partial charge in [-0.25, -0.2) is 0 Å². The van der Waals surface area contributed by atoms with Gasteiger partial charge in [0.15, 0.2) is 11.6 Å². The standard InChI is InChI=1S/2C13H13BrO/c2*1-8-4-3-5-10-9(2)12(6-11(8)10)13(15)7-14/h2*3-6,9H,7H2,1-2H3. The Kier molecular flexibility index (Phi) is 7.30. The van der Waals surface area contributed by atoms with E-state index in [4.69, 9.17) is 0 Å². The molecule has 0 aromatic heterocycles. The molecule has 30 heavy (non-hydrogen) atoms. The Hall–Kier alpha value is -1.78. The predicted octanol–water partition coefficient (Wildman–Crippen LogP) is 6.92. The lowest BCUT2D eigenvalue weighted by atomic mass is 9.95. The molecule has 2 aliphatic carbocycles. The molecule has 2 aromatic carbocycles. The van der Waals surface area contributed by atoms with E-state index in [0.717, 1.165) is 11.1 Å². The van der Waals surface area contributed by atoms with Crippen LogP contribution in [0.3, 0.4) is 0 Å². The van der Waals surface area contributed by atoms with Crippen LogP contribution in [0, 0.1) is 13.8 Å². The monoisotopic (exact) mass is 528 g/mol. The molecule has 156 valence electrons. The number of carbonyl (C=O) groups excluding carboxylic acids is 2. The molecule has 0 spiro atoms. The van der Waals surface area contributed by atoms with Gasteiger partial charge in [0, 0.05) is 23.0 Å². The zero-order chi connectivity index (χ0) is 22.0. The number of alkyl halides is 2.